The largest absolute Gasteiger partial charge is 0.494 e. The van der Waals surface area contributed by atoms with E-state index < -0.39 is 5.60 Å². The highest BCUT2D eigenvalue weighted by molar-refractivity contribution is 5.99. The normalized spacial score (nSPS) is 22.3. The predicted molar refractivity (Wildman–Crippen MR) is 151 cm³/mol. The van der Waals surface area contributed by atoms with Gasteiger partial charge in [-0.05, 0) is 64.3 Å². The Hall–Kier alpha value is -3.62. The molecular weight excluding hydrogens is 494 g/mol. The molecule has 5 heterocycles. The van der Waals surface area contributed by atoms with Crippen molar-refractivity contribution in [3.05, 3.63) is 52.8 Å². The van der Waals surface area contributed by atoms with Crippen LogP contribution in [-0.2, 0) is 17.8 Å². The Morgan fingerprint density at radius 3 is 2.74 bits per heavy atom. The summed E-state index contributed by atoms with van der Waals surface area (Å²) in [4.78, 5) is 37.3. The van der Waals surface area contributed by atoms with Gasteiger partial charge in [-0.2, -0.15) is 0 Å². The van der Waals surface area contributed by atoms with Crippen LogP contribution in [0.25, 0.3) is 0 Å². The Morgan fingerprint density at radius 1 is 1.21 bits per heavy atom. The van der Waals surface area contributed by atoms with Crippen LogP contribution in [-0.4, -0.2) is 45.9 Å². The van der Waals surface area contributed by atoms with Gasteiger partial charge in [-0.15, -0.1) is 0 Å². The summed E-state index contributed by atoms with van der Waals surface area (Å²) in [5.41, 5.74) is 8.92. The van der Waals surface area contributed by atoms with E-state index in [-0.39, 0.29) is 36.4 Å². The standard InChI is InChI=1S/C28H35N5O4.C2H6/c1-4-36-23-10-9-17-11-18(23)16-33-25(34)13-20(31-27(33)29)8-6-5-7-19-12-21-22(32-26(17)35)14-28(2,3)37-24(21)15-30-19;1-2/h9-12,15,20,22H,4-8,13-14,16H2,1-3H3,(H2,29,31)(H,32,35);1-2H3. The van der Waals surface area contributed by atoms with Gasteiger partial charge < -0.3 is 20.5 Å². The van der Waals surface area contributed by atoms with Crippen molar-refractivity contribution in [3.8, 4) is 11.5 Å². The van der Waals surface area contributed by atoms with E-state index in [2.05, 4.69) is 21.4 Å². The molecule has 6 bridgehead atoms. The number of aryl methyl sites for hydroxylation is 1. The number of amides is 2. The van der Waals surface area contributed by atoms with Gasteiger partial charge >= 0.3 is 0 Å². The summed E-state index contributed by atoms with van der Waals surface area (Å²) in [6, 6.07) is 7.02. The molecule has 0 aliphatic carbocycles. The van der Waals surface area contributed by atoms with Crippen molar-refractivity contribution in [1.29, 1.82) is 0 Å². The molecule has 4 aliphatic rings. The average molecular weight is 536 g/mol. The minimum absolute atomic E-state index is 0.0674. The zero-order valence-electron chi connectivity index (χ0n) is 23.8. The highest BCUT2D eigenvalue weighted by Crippen LogP contribution is 2.40. The molecule has 0 spiro atoms. The number of aliphatic imine (C=N–C) groups is 1. The number of benzene rings is 1. The second-order valence-electron chi connectivity index (χ2n) is 10.6. The van der Waals surface area contributed by atoms with Gasteiger partial charge in [-0.25, -0.2) is 4.99 Å². The number of carbonyl (C=O) groups excluding carboxylic acids is 2. The third kappa shape index (κ3) is 6.52. The quantitative estimate of drug-likeness (QED) is 0.576. The Bertz CT molecular complexity index is 1240. The van der Waals surface area contributed by atoms with Crippen LogP contribution in [0.4, 0.5) is 0 Å². The number of ether oxygens (including phenoxy) is 2. The third-order valence-electron chi connectivity index (χ3n) is 7.19. The Balaban J connectivity index is 0.00000172. The number of nitrogens with one attached hydrogen (secondary N) is 1. The maximum atomic E-state index is 13.5. The molecule has 2 amide bonds. The van der Waals surface area contributed by atoms with Crippen molar-refractivity contribution < 1.29 is 19.1 Å². The Kier molecular flexibility index (Phi) is 8.77. The second-order valence-corrected chi connectivity index (χ2v) is 10.6. The van der Waals surface area contributed by atoms with E-state index in [4.69, 9.17) is 15.2 Å². The van der Waals surface area contributed by atoms with Crippen molar-refractivity contribution in [3.63, 3.8) is 0 Å². The first-order valence-corrected chi connectivity index (χ1v) is 14.1. The minimum Gasteiger partial charge on any atom is -0.494 e. The molecule has 1 aromatic heterocycles. The van der Waals surface area contributed by atoms with E-state index >= 15 is 0 Å². The molecule has 4 aliphatic heterocycles. The Morgan fingerprint density at radius 2 is 2.00 bits per heavy atom. The van der Waals surface area contributed by atoms with Crippen molar-refractivity contribution in [2.75, 3.05) is 6.61 Å². The SMILES string of the molecule is CC.CCOc1ccc2cc1CN1C(=O)CC(CCCCc3cc4c(cn3)OC(C)(C)CC4NC2=O)N=C1N. The van der Waals surface area contributed by atoms with Crippen LogP contribution in [0.15, 0.2) is 35.5 Å². The fourth-order valence-corrected chi connectivity index (χ4v) is 5.38. The number of pyridine rings is 1. The van der Waals surface area contributed by atoms with E-state index in [1.807, 2.05) is 34.6 Å². The lowest BCUT2D eigenvalue weighted by Gasteiger charge is -2.38. The number of rotatable bonds is 2. The van der Waals surface area contributed by atoms with Gasteiger partial charge in [0.15, 0.2) is 5.96 Å². The molecule has 6 rings (SSSR count). The van der Waals surface area contributed by atoms with Crippen molar-refractivity contribution in [1.82, 2.24) is 15.2 Å². The van der Waals surface area contributed by atoms with Crippen LogP contribution < -0.4 is 20.5 Å². The maximum absolute atomic E-state index is 13.5. The van der Waals surface area contributed by atoms with Crippen LogP contribution in [0.3, 0.4) is 0 Å². The highest BCUT2D eigenvalue weighted by Gasteiger charge is 2.35. The number of hydrogen-bond acceptors (Lipinski definition) is 7. The van der Waals surface area contributed by atoms with Gasteiger partial charge in [0.05, 0.1) is 31.4 Å². The lowest BCUT2D eigenvalue weighted by Crippen LogP contribution is -2.46. The summed E-state index contributed by atoms with van der Waals surface area (Å²) in [6.07, 6.45) is 6.14. The first-order chi connectivity index (χ1) is 18.7. The van der Waals surface area contributed by atoms with E-state index in [1.54, 1.807) is 24.4 Å². The van der Waals surface area contributed by atoms with Gasteiger partial charge in [0.1, 0.15) is 17.1 Å². The molecule has 2 unspecified atom stereocenters. The number of nitrogens with zero attached hydrogens (tertiary/aromatic N) is 3. The van der Waals surface area contributed by atoms with Crippen molar-refractivity contribution in [2.24, 2.45) is 10.7 Å². The third-order valence-corrected chi connectivity index (χ3v) is 7.19. The molecule has 0 fully saturated rings. The predicted octanol–water partition coefficient (Wildman–Crippen LogP) is 4.68. The summed E-state index contributed by atoms with van der Waals surface area (Å²) in [6.45, 7) is 10.6. The van der Waals surface area contributed by atoms with Gasteiger partial charge in [0.2, 0.25) is 5.91 Å². The van der Waals surface area contributed by atoms with Crippen LogP contribution in [0.2, 0.25) is 0 Å². The first kappa shape index (κ1) is 28.4. The molecule has 2 aromatic rings. The topological polar surface area (TPSA) is 119 Å². The zero-order chi connectivity index (χ0) is 28.2. The monoisotopic (exact) mass is 535 g/mol. The Labute approximate surface area is 231 Å². The number of nitrogens with two attached hydrogens (primary N) is 1. The van der Waals surface area contributed by atoms with Gasteiger partial charge in [0, 0.05) is 35.2 Å². The molecule has 0 saturated carbocycles. The number of aromatic nitrogens is 1. The van der Waals surface area contributed by atoms with E-state index in [0.29, 0.717) is 42.1 Å². The fraction of sp³-hybridized carbons (Fsp3) is 0.533. The molecule has 3 N–H and O–H groups in total. The summed E-state index contributed by atoms with van der Waals surface area (Å²) >= 11 is 0. The van der Waals surface area contributed by atoms with Crippen LogP contribution in [0.5, 0.6) is 11.5 Å². The molecule has 0 radical (unpaired) electrons. The smallest absolute Gasteiger partial charge is 0.251 e. The van der Waals surface area contributed by atoms with E-state index in [0.717, 1.165) is 36.9 Å². The molecule has 2 atom stereocenters. The van der Waals surface area contributed by atoms with Gasteiger partial charge in [-0.1, -0.05) is 20.3 Å². The highest BCUT2D eigenvalue weighted by atomic mass is 16.5. The molecule has 9 nitrogen and oxygen atoms in total. The minimum atomic E-state index is -0.446. The molecular formula is C30H41N5O4. The van der Waals surface area contributed by atoms with Crippen LogP contribution in [0, 0.1) is 0 Å². The number of guanidine groups is 1. The number of fused-ring (bicyclic) bond motifs is 5. The molecule has 210 valence electrons. The van der Waals surface area contributed by atoms with Crippen molar-refractivity contribution >= 4 is 17.8 Å². The summed E-state index contributed by atoms with van der Waals surface area (Å²) in [7, 11) is 0. The van der Waals surface area contributed by atoms with Crippen molar-refractivity contribution in [2.45, 2.75) is 97.4 Å². The van der Waals surface area contributed by atoms with E-state index in [1.165, 1.54) is 4.90 Å². The second kappa shape index (κ2) is 12.1. The van der Waals surface area contributed by atoms with Crippen LogP contribution in [0.1, 0.15) is 99.9 Å². The zero-order valence-corrected chi connectivity index (χ0v) is 23.8. The number of hydrogen-bond donors (Lipinski definition) is 2. The maximum Gasteiger partial charge on any atom is 0.251 e. The lowest BCUT2D eigenvalue weighted by atomic mass is 9.89. The van der Waals surface area contributed by atoms with E-state index in [9.17, 15) is 9.59 Å². The summed E-state index contributed by atoms with van der Waals surface area (Å²) in [5, 5.41) is 3.22. The van der Waals surface area contributed by atoms with Gasteiger partial charge in [0.25, 0.3) is 5.91 Å². The summed E-state index contributed by atoms with van der Waals surface area (Å²) < 4.78 is 12.0. The average Bonchev–Trinajstić information content (AvgIpc) is 2.90. The lowest BCUT2D eigenvalue weighted by molar-refractivity contribution is -0.128. The number of carbonyl (C=O) groups is 2. The fourth-order valence-electron chi connectivity index (χ4n) is 5.38. The van der Waals surface area contributed by atoms with Crippen LogP contribution >= 0.6 is 0 Å². The van der Waals surface area contributed by atoms with Gasteiger partial charge in [-0.3, -0.25) is 19.5 Å². The first-order valence-electron chi connectivity index (χ1n) is 14.1. The summed E-state index contributed by atoms with van der Waals surface area (Å²) in [5.74, 6) is 1.27. The molecule has 0 saturated heterocycles. The molecule has 1 aromatic carbocycles. The molecule has 9 heteroatoms. The molecule has 39 heavy (non-hydrogen) atoms.